The Kier molecular flexibility index (Phi) is 3.76. The highest BCUT2D eigenvalue weighted by molar-refractivity contribution is 5.95. The average molecular weight is 238 g/mol. The third-order valence-electron chi connectivity index (χ3n) is 2.03. The minimum absolute atomic E-state index is 0.0717. The molecule has 0 heterocycles. The van der Waals surface area contributed by atoms with Crippen LogP contribution in [0.2, 0.25) is 0 Å². The van der Waals surface area contributed by atoms with Crippen molar-refractivity contribution < 1.29 is 19.6 Å². The van der Waals surface area contributed by atoms with Gasteiger partial charge in [0.1, 0.15) is 12.2 Å². The van der Waals surface area contributed by atoms with Crippen LogP contribution in [0.15, 0.2) is 18.2 Å². The van der Waals surface area contributed by atoms with E-state index >= 15 is 0 Å². The lowest BCUT2D eigenvalue weighted by Gasteiger charge is -2.05. The Bertz CT molecular complexity index is 484. The molecule has 0 saturated carbocycles. The summed E-state index contributed by atoms with van der Waals surface area (Å²) in [5.41, 5.74) is -0.0427. The first-order valence-electron chi connectivity index (χ1n) is 4.67. The summed E-state index contributed by atoms with van der Waals surface area (Å²) >= 11 is 0. The number of carboxylic acids is 1. The van der Waals surface area contributed by atoms with E-state index in [-0.39, 0.29) is 22.7 Å². The Morgan fingerprint density at radius 2 is 2.12 bits per heavy atom. The molecule has 0 amide bonds. The number of hydrogen-bond acceptors (Lipinski definition) is 5. The molecule has 1 rings (SSSR count). The molecule has 0 fully saturated rings. The Balaban J connectivity index is 3.08. The van der Waals surface area contributed by atoms with Gasteiger partial charge in [0.15, 0.2) is 5.78 Å². The summed E-state index contributed by atoms with van der Waals surface area (Å²) in [5, 5.41) is 21.6. The number of anilines is 1. The number of carbonyl (C=O) groups excluding carboxylic acids is 1. The van der Waals surface area contributed by atoms with Gasteiger partial charge in [-0.2, -0.15) is 0 Å². The highest BCUT2D eigenvalue weighted by Crippen LogP contribution is 2.25. The van der Waals surface area contributed by atoms with E-state index < -0.39 is 17.4 Å². The van der Waals surface area contributed by atoms with E-state index in [1.54, 1.807) is 0 Å². The molecule has 0 aliphatic rings. The second-order valence-corrected chi connectivity index (χ2v) is 3.29. The highest BCUT2D eigenvalue weighted by atomic mass is 16.6. The number of Topliss-reactive ketones (excluding diaryl/α,β-unsaturated/α-hetero) is 1. The lowest BCUT2D eigenvalue weighted by Crippen LogP contribution is -2.13. The number of aliphatic carboxylic acids is 1. The van der Waals surface area contributed by atoms with Gasteiger partial charge in [0, 0.05) is 11.6 Å². The molecular weight excluding hydrogens is 228 g/mol. The Labute approximate surface area is 96.2 Å². The highest BCUT2D eigenvalue weighted by Gasteiger charge is 2.16. The molecule has 0 aliphatic heterocycles. The predicted molar refractivity (Wildman–Crippen MR) is 59.2 cm³/mol. The van der Waals surface area contributed by atoms with Crippen LogP contribution in [0.5, 0.6) is 0 Å². The molecule has 0 bridgehead atoms. The van der Waals surface area contributed by atoms with Crippen molar-refractivity contribution in [3.8, 4) is 0 Å². The number of ketones is 1. The molecule has 0 unspecified atom stereocenters. The number of hydrogen-bond donors (Lipinski definition) is 2. The molecule has 2 N–H and O–H groups in total. The van der Waals surface area contributed by atoms with Gasteiger partial charge in [-0.1, -0.05) is 0 Å². The molecule has 7 nitrogen and oxygen atoms in total. The van der Waals surface area contributed by atoms with Crippen LogP contribution in [0.1, 0.15) is 17.3 Å². The van der Waals surface area contributed by atoms with Crippen LogP contribution >= 0.6 is 0 Å². The van der Waals surface area contributed by atoms with Crippen LogP contribution < -0.4 is 5.32 Å². The van der Waals surface area contributed by atoms with Crippen molar-refractivity contribution in [1.29, 1.82) is 0 Å². The number of nitrogens with one attached hydrogen (secondary N) is 1. The van der Waals surface area contributed by atoms with E-state index in [2.05, 4.69) is 5.32 Å². The van der Waals surface area contributed by atoms with Gasteiger partial charge in [0.2, 0.25) is 0 Å². The molecule has 1 aromatic carbocycles. The van der Waals surface area contributed by atoms with E-state index in [9.17, 15) is 19.7 Å². The summed E-state index contributed by atoms with van der Waals surface area (Å²) in [5.74, 6) is -1.42. The first-order chi connectivity index (χ1) is 7.91. The fourth-order valence-electron chi connectivity index (χ4n) is 1.22. The summed E-state index contributed by atoms with van der Waals surface area (Å²) in [6.07, 6.45) is 0. The summed E-state index contributed by atoms with van der Waals surface area (Å²) in [6, 6.07) is 3.84. The van der Waals surface area contributed by atoms with Crippen molar-refractivity contribution in [1.82, 2.24) is 0 Å². The van der Waals surface area contributed by atoms with Gasteiger partial charge in [-0.15, -0.1) is 0 Å². The monoisotopic (exact) mass is 238 g/mol. The Hall–Kier alpha value is -2.44. The number of nitro groups is 1. The normalized spacial score (nSPS) is 9.71. The zero-order chi connectivity index (χ0) is 13.0. The quantitative estimate of drug-likeness (QED) is 0.454. The lowest BCUT2D eigenvalue weighted by molar-refractivity contribution is -0.384. The van der Waals surface area contributed by atoms with Crippen molar-refractivity contribution in [2.45, 2.75) is 6.92 Å². The third kappa shape index (κ3) is 3.26. The van der Waals surface area contributed by atoms with Crippen LogP contribution in [-0.2, 0) is 4.79 Å². The number of carbonyl (C=O) groups is 2. The minimum Gasteiger partial charge on any atom is -0.480 e. The first kappa shape index (κ1) is 12.6. The molecular formula is C10H10N2O5. The second-order valence-electron chi connectivity index (χ2n) is 3.29. The summed E-state index contributed by atoms with van der Waals surface area (Å²) in [6.45, 7) is 0.865. The molecule has 0 aromatic heterocycles. The van der Waals surface area contributed by atoms with E-state index in [0.29, 0.717) is 0 Å². The zero-order valence-corrected chi connectivity index (χ0v) is 8.97. The molecule has 0 spiro atoms. The zero-order valence-electron chi connectivity index (χ0n) is 8.97. The van der Waals surface area contributed by atoms with Gasteiger partial charge in [-0.25, -0.2) is 0 Å². The lowest BCUT2D eigenvalue weighted by atomic mass is 10.1. The van der Waals surface area contributed by atoms with Crippen LogP contribution in [-0.4, -0.2) is 28.3 Å². The smallest absolute Gasteiger partial charge is 0.322 e. The molecule has 0 aliphatic carbocycles. The van der Waals surface area contributed by atoms with Crippen molar-refractivity contribution in [2.75, 3.05) is 11.9 Å². The molecule has 90 valence electrons. The SMILES string of the molecule is CC(=O)c1ccc(NCC(=O)O)c([N+](=O)[O-])c1. The maximum atomic E-state index is 11.1. The van der Waals surface area contributed by atoms with Gasteiger partial charge in [-0.3, -0.25) is 19.7 Å². The topological polar surface area (TPSA) is 110 Å². The van der Waals surface area contributed by atoms with Crippen molar-refractivity contribution in [2.24, 2.45) is 0 Å². The third-order valence-corrected chi connectivity index (χ3v) is 2.03. The number of nitro benzene ring substituents is 1. The van der Waals surface area contributed by atoms with Gasteiger partial charge in [-0.05, 0) is 19.1 Å². The van der Waals surface area contributed by atoms with Gasteiger partial charge >= 0.3 is 5.97 Å². The van der Waals surface area contributed by atoms with Crippen LogP contribution in [0.3, 0.4) is 0 Å². The number of rotatable bonds is 5. The van der Waals surface area contributed by atoms with Crippen molar-refractivity contribution in [3.05, 3.63) is 33.9 Å². The maximum absolute atomic E-state index is 11.1. The molecule has 0 radical (unpaired) electrons. The molecule has 17 heavy (non-hydrogen) atoms. The molecule has 1 aromatic rings. The van der Waals surface area contributed by atoms with Gasteiger partial charge < -0.3 is 10.4 Å². The standard InChI is InChI=1S/C10H10N2O5/c1-6(13)7-2-3-8(11-5-10(14)15)9(4-7)12(16)17/h2-4,11H,5H2,1H3,(H,14,15). The maximum Gasteiger partial charge on any atom is 0.322 e. The van der Waals surface area contributed by atoms with E-state index in [1.165, 1.54) is 19.1 Å². The first-order valence-corrected chi connectivity index (χ1v) is 4.67. The second kappa shape index (κ2) is 5.06. The fraction of sp³-hybridized carbons (Fsp3) is 0.200. The fourth-order valence-corrected chi connectivity index (χ4v) is 1.22. The number of carboxylic acid groups (broad SMARTS) is 1. The van der Waals surface area contributed by atoms with Crippen molar-refractivity contribution >= 4 is 23.1 Å². The number of nitrogens with zero attached hydrogens (tertiary/aromatic N) is 1. The van der Waals surface area contributed by atoms with E-state index in [4.69, 9.17) is 5.11 Å². The Morgan fingerprint density at radius 3 is 2.59 bits per heavy atom. The molecule has 7 heteroatoms. The predicted octanol–water partition coefficient (Wildman–Crippen LogP) is 1.29. The van der Waals surface area contributed by atoms with Crippen LogP contribution in [0.4, 0.5) is 11.4 Å². The van der Waals surface area contributed by atoms with Gasteiger partial charge in [0.25, 0.3) is 5.69 Å². The minimum atomic E-state index is -1.13. The van der Waals surface area contributed by atoms with Crippen molar-refractivity contribution in [3.63, 3.8) is 0 Å². The van der Waals surface area contributed by atoms with Crippen LogP contribution in [0, 0.1) is 10.1 Å². The van der Waals surface area contributed by atoms with E-state index in [1.807, 2.05) is 0 Å². The van der Waals surface area contributed by atoms with Crippen LogP contribution in [0.25, 0.3) is 0 Å². The number of benzene rings is 1. The largest absolute Gasteiger partial charge is 0.480 e. The summed E-state index contributed by atoms with van der Waals surface area (Å²) in [7, 11) is 0. The molecule has 0 saturated heterocycles. The summed E-state index contributed by atoms with van der Waals surface area (Å²) in [4.78, 5) is 31.5. The van der Waals surface area contributed by atoms with Gasteiger partial charge in [0.05, 0.1) is 4.92 Å². The Morgan fingerprint density at radius 1 is 1.47 bits per heavy atom. The van der Waals surface area contributed by atoms with E-state index in [0.717, 1.165) is 6.07 Å². The molecule has 0 atom stereocenters. The average Bonchev–Trinajstić information content (AvgIpc) is 2.25. The summed E-state index contributed by atoms with van der Waals surface area (Å²) < 4.78 is 0.